The second-order valence-corrected chi connectivity index (χ2v) is 8.66. The highest BCUT2D eigenvalue weighted by Crippen LogP contribution is 2.51. The van der Waals surface area contributed by atoms with Crippen LogP contribution in [-0.2, 0) is 4.74 Å². The number of carbonyl (C=O) groups is 1. The minimum atomic E-state index is -0.731. The SMILES string of the molecule is COC(=O)c1c(-c2cc(O)c(O)cc2O)c(-c2cc(OC)ccc2OC)c2c3cc(OC)c(O)cc3ccn12. The molecule has 2 heterocycles. The van der Waals surface area contributed by atoms with Gasteiger partial charge in [-0.25, -0.2) is 4.79 Å². The lowest BCUT2D eigenvalue weighted by Crippen LogP contribution is -2.07. The van der Waals surface area contributed by atoms with Crippen LogP contribution in [0.3, 0.4) is 0 Å². The number of pyridine rings is 1. The Bertz CT molecular complexity index is 1770. The highest BCUT2D eigenvalue weighted by molar-refractivity contribution is 6.15. The van der Waals surface area contributed by atoms with Gasteiger partial charge in [0.05, 0.1) is 34.0 Å². The third-order valence-electron chi connectivity index (χ3n) is 6.63. The molecule has 0 radical (unpaired) electrons. The van der Waals surface area contributed by atoms with Crippen LogP contribution in [0.5, 0.6) is 40.2 Å². The first-order valence-electron chi connectivity index (χ1n) is 11.7. The van der Waals surface area contributed by atoms with E-state index in [0.717, 1.165) is 12.1 Å². The largest absolute Gasteiger partial charge is 0.507 e. The van der Waals surface area contributed by atoms with Crippen molar-refractivity contribution in [2.75, 3.05) is 28.4 Å². The summed E-state index contributed by atoms with van der Waals surface area (Å²) in [7, 11) is 5.66. The number of hydrogen-bond donors (Lipinski definition) is 4. The van der Waals surface area contributed by atoms with E-state index in [1.165, 1.54) is 34.5 Å². The smallest absolute Gasteiger partial charge is 0.355 e. The van der Waals surface area contributed by atoms with Gasteiger partial charge in [-0.05, 0) is 47.9 Å². The Kier molecular flexibility index (Phi) is 6.23. The van der Waals surface area contributed by atoms with Gasteiger partial charge in [0.1, 0.15) is 22.9 Å². The monoisotopic (exact) mass is 531 g/mol. The van der Waals surface area contributed by atoms with Crippen molar-refractivity contribution in [1.29, 1.82) is 0 Å². The van der Waals surface area contributed by atoms with E-state index >= 15 is 0 Å². The molecule has 10 nitrogen and oxygen atoms in total. The summed E-state index contributed by atoms with van der Waals surface area (Å²) in [6.45, 7) is 0. The van der Waals surface area contributed by atoms with Crippen LogP contribution >= 0.6 is 0 Å². The molecule has 0 saturated heterocycles. The van der Waals surface area contributed by atoms with Crippen molar-refractivity contribution < 1.29 is 44.2 Å². The lowest BCUT2D eigenvalue weighted by molar-refractivity contribution is 0.0594. The number of rotatable bonds is 6. The summed E-state index contributed by atoms with van der Waals surface area (Å²) in [6.07, 6.45) is 1.63. The van der Waals surface area contributed by atoms with Crippen LogP contribution in [0.15, 0.2) is 54.7 Å². The number of benzene rings is 3. The first-order chi connectivity index (χ1) is 18.7. The molecule has 3 aromatic carbocycles. The summed E-state index contributed by atoms with van der Waals surface area (Å²) in [5.74, 6) is -1.13. The minimum absolute atomic E-state index is 0.0294. The van der Waals surface area contributed by atoms with Crippen LogP contribution < -0.4 is 14.2 Å². The topological polar surface area (TPSA) is 139 Å². The highest BCUT2D eigenvalue weighted by atomic mass is 16.5. The molecule has 39 heavy (non-hydrogen) atoms. The summed E-state index contributed by atoms with van der Waals surface area (Å²) < 4.78 is 23.3. The molecule has 2 aromatic heterocycles. The van der Waals surface area contributed by atoms with Crippen LogP contribution in [0.2, 0.25) is 0 Å². The Hall–Kier alpha value is -5.25. The molecule has 5 rings (SSSR count). The summed E-state index contributed by atoms with van der Waals surface area (Å²) in [4.78, 5) is 13.4. The summed E-state index contributed by atoms with van der Waals surface area (Å²) >= 11 is 0. The lowest BCUT2D eigenvalue weighted by Gasteiger charge is -2.15. The number of aromatic nitrogens is 1. The number of nitrogens with zero attached hydrogens (tertiary/aromatic N) is 1. The van der Waals surface area contributed by atoms with Crippen molar-refractivity contribution in [3.8, 4) is 62.5 Å². The molecule has 0 atom stereocenters. The Balaban J connectivity index is 2.11. The van der Waals surface area contributed by atoms with Crippen LogP contribution in [0.25, 0.3) is 38.5 Å². The van der Waals surface area contributed by atoms with Gasteiger partial charge in [0.25, 0.3) is 0 Å². The van der Waals surface area contributed by atoms with Crippen LogP contribution in [0.1, 0.15) is 10.5 Å². The van der Waals surface area contributed by atoms with Crippen molar-refractivity contribution in [3.63, 3.8) is 0 Å². The molecular weight excluding hydrogens is 506 g/mol. The van der Waals surface area contributed by atoms with E-state index < -0.39 is 23.2 Å². The normalized spacial score (nSPS) is 11.1. The van der Waals surface area contributed by atoms with Gasteiger partial charge in [-0.2, -0.15) is 0 Å². The zero-order chi connectivity index (χ0) is 28.0. The fraction of sp³-hybridized carbons (Fsp3) is 0.138. The summed E-state index contributed by atoms with van der Waals surface area (Å²) in [5.41, 5.74) is 1.67. The Labute approximate surface area is 222 Å². The molecule has 4 N–H and O–H groups in total. The third-order valence-corrected chi connectivity index (χ3v) is 6.63. The number of phenolic OH excluding ortho intramolecular Hbond substituents is 4. The number of fused-ring (bicyclic) bond motifs is 3. The third kappa shape index (κ3) is 3.93. The number of phenols is 4. The van der Waals surface area contributed by atoms with Crippen molar-refractivity contribution >= 4 is 22.3 Å². The number of carbonyl (C=O) groups excluding carboxylic acids is 1. The summed E-state index contributed by atoms with van der Waals surface area (Å²) in [5, 5.41) is 43.0. The van der Waals surface area contributed by atoms with Gasteiger partial charge in [0, 0.05) is 39.9 Å². The predicted octanol–water partition coefficient (Wildman–Crippen LogP) is 5.06. The average molecular weight is 532 g/mol. The molecule has 5 aromatic rings. The Morgan fingerprint density at radius 3 is 2.08 bits per heavy atom. The molecule has 0 aliphatic heterocycles. The molecular formula is C29H25NO9. The van der Waals surface area contributed by atoms with E-state index in [2.05, 4.69) is 0 Å². The molecule has 0 amide bonds. The number of ether oxygens (including phenoxy) is 4. The van der Waals surface area contributed by atoms with E-state index in [0.29, 0.717) is 38.9 Å². The zero-order valence-electron chi connectivity index (χ0n) is 21.5. The zero-order valence-corrected chi connectivity index (χ0v) is 21.5. The number of esters is 1. The van der Waals surface area contributed by atoms with E-state index in [-0.39, 0.29) is 28.3 Å². The number of aromatic hydroxyl groups is 4. The fourth-order valence-electron chi connectivity index (χ4n) is 4.85. The van der Waals surface area contributed by atoms with Gasteiger partial charge in [-0.3, -0.25) is 0 Å². The predicted molar refractivity (Wildman–Crippen MR) is 143 cm³/mol. The van der Waals surface area contributed by atoms with Gasteiger partial charge in [-0.1, -0.05) is 0 Å². The van der Waals surface area contributed by atoms with Crippen LogP contribution in [0.4, 0.5) is 0 Å². The maximum atomic E-state index is 13.4. The van der Waals surface area contributed by atoms with Crippen molar-refractivity contribution in [2.45, 2.75) is 0 Å². The van der Waals surface area contributed by atoms with Crippen molar-refractivity contribution in [2.24, 2.45) is 0 Å². The van der Waals surface area contributed by atoms with Gasteiger partial charge >= 0.3 is 5.97 Å². The molecule has 200 valence electrons. The van der Waals surface area contributed by atoms with E-state index in [1.807, 2.05) is 0 Å². The quantitative estimate of drug-likeness (QED) is 0.134. The maximum absolute atomic E-state index is 13.4. The van der Waals surface area contributed by atoms with Gasteiger partial charge in [0.15, 0.2) is 23.0 Å². The number of methoxy groups -OCH3 is 4. The Morgan fingerprint density at radius 2 is 1.41 bits per heavy atom. The molecule has 10 heteroatoms. The maximum Gasteiger partial charge on any atom is 0.355 e. The van der Waals surface area contributed by atoms with E-state index in [1.54, 1.807) is 40.9 Å². The lowest BCUT2D eigenvalue weighted by atomic mass is 9.92. The van der Waals surface area contributed by atoms with E-state index in [4.69, 9.17) is 18.9 Å². The first kappa shape index (κ1) is 25.4. The van der Waals surface area contributed by atoms with Gasteiger partial charge in [0.2, 0.25) is 0 Å². The molecule has 0 aliphatic rings. The molecule has 0 unspecified atom stereocenters. The molecule has 0 saturated carbocycles. The molecule has 0 bridgehead atoms. The minimum Gasteiger partial charge on any atom is -0.507 e. The van der Waals surface area contributed by atoms with Crippen LogP contribution in [-0.4, -0.2) is 59.2 Å². The Morgan fingerprint density at radius 1 is 0.692 bits per heavy atom. The molecule has 0 aliphatic carbocycles. The van der Waals surface area contributed by atoms with Crippen molar-refractivity contribution in [1.82, 2.24) is 4.40 Å². The number of hydrogen-bond acceptors (Lipinski definition) is 9. The molecule has 0 spiro atoms. The van der Waals surface area contributed by atoms with Crippen molar-refractivity contribution in [3.05, 3.63) is 60.4 Å². The van der Waals surface area contributed by atoms with Gasteiger partial charge < -0.3 is 43.8 Å². The average Bonchev–Trinajstić information content (AvgIpc) is 3.28. The standard InChI is InChI=1S/C29H25NO9/c1-36-15-5-6-23(37-2)18(10-15)26-25(17-11-20(32)21(33)13-19(17)31)28(29(35)39-4)30-8-7-14-9-22(34)24(38-3)12-16(14)27(26)30/h5-13,31-34H,1-4H3. The van der Waals surface area contributed by atoms with Crippen LogP contribution in [0, 0.1) is 0 Å². The fourth-order valence-corrected chi connectivity index (χ4v) is 4.85. The van der Waals surface area contributed by atoms with Gasteiger partial charge in [-0.15, -0.1) is 0 Å². The second-order valence-electron chi connectivity index (χ2n) is 8.66. The highest BCUT2D eigenvalue weighted by Gasteiger charge is 2.31. The molecule has 0 fully saturated rings. The first-order valence-corrected chi connectivity index (χ1v) is 11.7. The second kappa shape index (κ2) is 9.56. The summed E-state index contributed by atoms with van der Waals surface area (Å²) in [6, 6.07) is 12.2. The van der Waals surface area contributed by atoms with E-state index in [9.17, 15) is 25.2 Å².